The van der Waals surface area contributed by atoms with Crippen molar-refractivity contribution in [3.05, 3.63) is 60.2 Å². The van der Waals surface area contributed by atoms with Gasteiger partial charge < -0.3 is 10.1 Å². The fraction of sp³-hybridized carbons (Fsp3) is 0.235. The molecule has 0 bridgehead atoms. The molecule has 0 aromatic heterocycles. The number of hydrogen-bond donors (Lipinski definition) is 2. The van der Waals surface area contributed by atoms with Crippen molar-refractivity contribution in [2.45, 2.75) is 17.9 Å². The number of carbonyl (C=O) groups is 1. The Hall–Kier alpha value is -2.38. The first-order valence-corrected chi connectivity index (χ1v) is 8.88. The molecule has 0 fully saturated rings. The predicted octanol–water partition coefficient (Wildman–Crippen LogP) is 2.25. The van der Waals surface area contributed by atoms with Gasteiger partial charge in [-0.05, 0) is 37.3 Å². The van der Waals surface area contributed by atoms with Crippen LogP contribution in [0, 0.1) is 0 Å². The first-order chi connectivity index (χ1) is 11.4. The lowest BCUT2D eigenvalue weighted by Crippen LogP contribution is -2.35. The second kappa shape index (κ2) is 7.94. The fourth-order valence-electron chi connectivity index (χ4n) is 2.14. The van der Waals surface area contributed by atoms with Crippen LogP contribution in [0.3, 0.4) is 0 Å². The van der Waals surface area contributed by atoms with E-state index in [-0.39, 0.29) is 16.8 Å². The van der Waals surface area contributed by atoms with Gasteiger partial charge in [0.25, 0.3) is 15.9 Å². The molecule has 7 heteroatoms. The van der Waals surface area contributed by atoms with E-state index in [4.69, 9.17) is 4.74 Å². The van der Waals surface area contributed by atoms with Gasteiger partial charge in [0.05, 0.1) is 11.5 Å². The largest absolute Gasteiger partial charge is 0.383 e. The van der Waals surface area contributed by atoms with E-state index >= 15 is 0 Å². The molecule has 0 aliphatic rings. The van der Waals surface area contributed by atoms with Crippen molar-refractivity contribution in [1.82, 2.24) is 5.32 Å². The second-order valence-corrected chi connectivity index (χ2v) is 7.01. The Kier molecular flexibility index (Phi) is 5.94. The van der Waals surface area contributed by atoms with Crippen molar-refractivity contribution in [2.75, 3.05) is 18.4 Å². The van der Waals surface area contributed by atoms with Crippen LogP contribution in [-0.4, -0.2) is 34.1 Å². The smallest absolute Gasteiger partial charge is 0.261 e. The van der Waals surface area contributed by atoms with Gasteiger partial charge in [-0.15, -0.1) is 0 Å². The lowest BCUT2D eigenvalue weighted by atomic mass is 10.2. The highest BCUT2D eigenvalue weighted by Gasteiger charge is 2.15. The Morgan fingerprint density at radius 2 is 1.83 bits per heavy atom. The van der Waals surface area contributed by atoms with E-state index in [0.29, 0.717) is 17.9 Å². The summed E-state index contributed by atoms with van der Waals surface area (Å²) in [5.41, 5.74) is 0.692. The van der Waals surface area contributed by atoms with Crippen LogP contribution in [0.5, 0.6) is 0 Å². The highest BCUT2D eigenvalue weighted by molar-refractivity contribution is 7.92. The van der Waals surface area contributed by atoms with Gasteiger partial charge >= 0.3 is 0 Å². The number of amides is 1. The summed E-state index contributed by atoms with van der Waals surface area (Å²) >= 11 is 0. The molecule has 2 aromatic rings. The van der Waals surface area contributed by atoms with Gasteiger partial charge in [-0.1, -0.05) is 24.3 Å². The highest BCUT2D eigenvalue weighted by atomic mass is 32.2. The standard InChI is InChI=1S/C17H20N2O4S/c1-13(12-23-2)18-17(20)14-7-6-8-15(11-14)19-24(21,22)16-9-4-3-5-10-16/h3-11,13,19H,12H2,1-2H3,(H,18,20)/t13-/m0/s1. The van der Waals surface area contributed by atoms with Crippen LogP contribution in [0.4, 0.5) is 5.69 Å². The van der Waals surface area contributed by atoms with Gasteiger partial charge in [0, 0.05) is 24.4 Å². The molecule has 1 atom stereocenters. The SMILES string of the molecule is COC[C@H](C)NC(=O)c1cccc(NS(=O)(=O)c2ccccc2)c1. The molecule has 128 valence electrons. The molecule has 2 rings (SSSR count). The van der Waals surface area contributed by atoms with E-state index in [0.717, 1.165) is 0 Å². The highest BCUT2D eigenvalue weighted by Crippen LogP contribution is 2.17. The number of ether oxygens (including phenoxy) is 1. The van der Waals surface area contributed by atoms with Crippen LogP contribution in [0.1, 0.15) is 17.3 Å². The molecular formula is C17H20N2O4S. The molecule has 0 saturated carbocycles. The summed E-state index contributed by atoms with van der Waals surface area (Å²) in [6, 6.07) is 14.2. The van der Waals surface area contributed by atoms with E-state index < -0.39 is 10.0 Å². The number of nitrogens with one attached hydrogen (secondary N) is 2. The summed E-state index contributed by atoms with van der Waals surface area (Å²) in [5, 5.41) is 2.78. The van der Waals surface area contributed by atoms with Gasteiger partial charge in [0.2, 0.25) is 0 Å². The summed E-state index contributed by atoms with van der Waals surface area (Å²) in [7, 11) is -2.13. The van der Waals surface area contributed by atoms with Crippen LogP contribution in [0.25, 0.3) is 0 Å². The van der Waals surface area contributed by atoms with E-state index in [1.165, 1.54) is 18.2 Å². The zero-order valence-electron chi connectivity index (χ0n) is 13.5. The average molecular weight is 348 g/mol. The van der Waals surface area contributed by atoms with Gasteiger partial charge in [-0.25, -0.2) is 8.42 Å². The number of carbonyl (C=O) groups excluding carboxylic acids is 1. The van der Waals surface area contributed by atoms with E-state index in [1.807, 2.05) is 6.92 Å². The minimum Gasteiger partial charge on any atom is -0.383 e. The zero-order valence-corrected chi connectivity index (χ0v) is 14.3. The molecule has 1 amide bonds. The normalized spacial score (nSPS) is 12.4. The third-order valence-electron chi connectivity index (χ3n) is 3.22. The first-order valence-electron chi connectivity index (χ1n) is 7.40. The minimum atomic E-state index is -3.69. The van der Waals surface area contributed by atoms with Crippen molar-refractivity contribution in [2.24, 2.45) is 0 Å². The zero-order chi connectivity index (χ0) is 17.6. The maximum atomic E-state index is 12.3. The monoisotopic (exact) mass is 348 g/mol. The first kappa shape index (κ1) is 18.0. The maximum Gasteiger partial charge on any atom is 0.261 e. The Morgan fingerprint density at radius 1 is 1.12 bits per heavy atom. The molecular weight excluding hydrogens is 328 g/mol. The number of hydrogen-bond acceptors (Lipinski definition) is 4. The second-order valence-electron chi connectivity index (χ2n) is 5.33. The van der Waals surface area contributed by atoms with E-state index in [9.17, 15) is 13.2 Å². The minimum absolute atomic E-state index is 0.146. The molecule has 6 nitrogen and oxygen atoms in total. The molecule has 0 aliphatic carbocycles. The Labute approximate surface area is 141 Å². The summed E-state index contributed by atoms with van der Waals surface area (Å²) in [5.74, 6) is -0.291. The van der Waals surface area contributed by atoms with Crippen molar-refractivity contribution >= 4 is 21.6 Å². The molecule has 2 N–H and O–H groups in total. The van der Waals surface area contributed by atoms with Crippen molar-refractivity contribution < 1.29 is 17.9 Å². The van der Waals surface area contributed by atoms with Crippen LogP contribution < -0.4 is 10.0 Å². The van der Waals surface area contributed by atoms with Crippen LogP contribution in [-0.2, 0) is 14.8 Å². The maximum absolute atomic E-state index is 12.3. The molecule has 0 radical (unpaired) electrons. The summed E-state index contributed by atoms with van der Waals surface area (Å²) in [6.07, 6.45) is 0. The van der Waals surface area contributed by atoms with Crippen LogP contribution >= 0.6 is 0 Å². The van der Waals surface area contributed by atoms with Crippen molar-refractivity contribution in [1.29, 1.82) is 0 Å². The predicted molar refractivity (Wildman–Crippen MR) is 92.5 cm³/mol. The average Bonchev–Trinajstić information content (AvgIpc) is 2.55. The lowest BCUT2D eigenvalue weighted by Gasteiger charge is -2.13. The fourth-order valence-corrected chi connectivity index (χ4v) is 3.21. The van der Waals surface area contributed by atoms with E-state index in [2.05, 4.69) is 10.0 Å². The Morgan fingerprint density at radius 3 is 2.50 bits per heavy atom. The van der Waals surface area contributed by atoms with Crippen molar-refractivity contribution in [3.63, 3.8) is 0 Å². The van der Waals surface area contributed by atoms with Gasteiger partial charge in [0.1, 0.15) is 0 Å². The van der Waals surface area contributed by atoms with Gasteiger partial charge in [-0.3, -0.25) is 9.52 Å². The molecule has 0 aliphatic heterocycles. The molecule has 0 unspecified atom stereocenters. The lowest BCUT2D eigenvalue weighted by molar-refractivity contribution is 0.0905. The Balaban J connectivity index is 2.14. The number of rotatable bonds is 7. The summed E-state index contributed by atoms with van der Waals surface area (Å²) < 4.78 is 32.1. The van der Waals surface area contributed by atoms with E-state index in [1.54, 1.807) is 43.5 Å². The number of methoxy groups -OCH3 is 1. The molecule has 24 heavy (non-hydrogen) atoms. The third-order valence-corrected chi connectivity index (χ3v) is 4.62. The van der Waals surface area contributed by atoms with Crippen LogP contribution in [0.2, 0.25) is 0 Å². The molecule has 0 spiro atoms. The van der Waals surface area contributed by atoms with Crippen LogP contribution in [0.15, 0.2) is 59.5 Å². The van der Waals surface area contributed by atoms with Gasteiger partial charge in [0.15, 0.2) is 0 Å². The third kappa shape index (κ3) is 4.81. The number of anilines is 1. The quantitative estimate of drug-likeness (QED) is 0.804. The van der Waals surface area contributed by atoms with Crippen molar-refractivity contribution in [3.8, 4) is 0 Å². The molecule has 2 aromatic carbocycles. The van der Waals surface area contributed by atoms with Gasteiger partial charge in [-0.2, -0.15) is 0 Å². The topological polar surface area (TPSA) is 84.5 Å². The summed E-state index contributed by atoms with van der Waals surface area (Å²) in [4.78, 5) is 12.3. The number of sulfonamides is 1. The molecule has 0 saturated heterocycles. The Bertz CT molecular complexity index is 791. The number of benzene rings is 2. The summed E-state index contributed by atoms with van der Waals surface area (Å²) in [6.45, 7) is 2.22. The molecule has 0 heterocycles.